The van der Waals surface area contributed by atoms with Crippen LogP contribution >= 0.6 is 11.8 Å². The van der Waals surface area contributed by atoms with Crippen molar-refractivity contribution in [2.45, 2.75) is 43.1 Å². The van der Waals surface area contributed by atoms with E-state index in [-0.39, 0.29) is 4.90 Å². The molecule has 0 unspecified atom stereocenters. The minimum Gasteiger partial charge on any atom is -0.467 e. The number of imidazole rings is 1. The second-order valence-electron chi connectivity index (χ2n) is 7.58. The van der Waals surface area contributed by atoms with Crippen LogP contribution in [-0.2, 0) is 22.3 Å². The van der Waals surface area contributed by atoms with Crippen LogP contribution in [0.25, 0.3) is 11.0 Å². The lowest BCUT2D eigenvalue weighted by Crippen LogP contribution is -2.30. The molecule has 0 atom stereocenters. The Labute approximate surface area is 193 Å². The van der Waals surface area contributed by atoms with Crippen molar-refractivity contribution in [1.29, 1.82) is 0 Å². The van der Waals surface area contributed by atoms with Gasteiger partial charge in [0, 0.05) is 18.8 Å². The number of fused-ring (bicyclic) bond motifs is 1. The number of thioether (sulfide) groups is 1. The van der Waals surface area contributed by atoms with E-state index in [1.807, 2.05) is 32.0 Å². The minimum absolute atomic E-state index is 0.270. The van der Waals surface area contributed by atoms with Crippen molar-refractivity contribution in [3.8, 4) is 0 Å². The van der Waals surface area contributed by atoms with Crippen LogP contribution in [0.1, 0.15) is 30.7 Å². The lowest BCUT2D eigenvalue weighted by Gasteiger charge is -2.18. The third-order valence-corrected chi connectivity index (χ3v) is 8.47. The highest BCUT2D eigenvalue weighted by Gasteiger charge is 2.23. The van der Waals surface area contributed by atoms with Gasteiger partial charge in [-0.2, -0.15) is 4.31 Å². The molecule has 4 aromatic rings. The van der Waals surface area contributed by atoms with E-state index in [4.69, 9.17) is 9.40 Å². The summed E-state index contributed by atoms with van der Waals surface area (Å²) in [5, 5.41) is 0.829. The zero-order chi connectivity index (χ0) is 22.7. The second kappa shape index (κ2) is 9.52. The summed E-state index contributed by atoms with van der Waals surface area (Å²) >= 11 is 1.64. The molecule has 2 heterocycles. The van der Waals surface area contributed by atoms with Crippen LogP contribution in [-0.4, -0.2) is 35.4 Å². The average Bonchev–Trinajstić information content (AvgIpc) is 3.41. The van der Waals surface area contributed by atoms with Gasteiger partial charge in [-0.15, -0.1) is 0 Å². The second-order valence-corrected chi connectivity index (χ2v) is 10.5. The molecule has 0 bridgehead atoms. The molecule has 0 fully saturated rings. The number of hydrogen-bond donors (Lipinski definition) is 0. The summed E-state index contributed by atoms with van der Waals surface area (Å²) < 4.78 is 35.1. The van der Waals surface area contributed by atoms with Gasteiger partial charge < -0.3 is 8.98 Å². The number of aromatic nitrogens is 2. The van der Waals surface area contributed by atoms with Crippen molar-refractivity contribution < 1.29 is 12.8 Å². The maximum absolute atomic E-state index is 13.0. The Balaban J connectivity index is 1.73. The molecule has 0 N–H and O–H groups in total. The third-order valence-electron chi connectivity index (χ3n) is 5.37. The predicted molar refractivity (Wildman–Crippen MR) is 128 cm³/mol. The molecule has 0 radical (unpaired) electrons. The Morgan fingerprint density at radius 1 is 1.06 bits per heavy atom. The van der Waals surface area contributed by atoms with E-state index in [1.54, 1.807) is 30.2 Å². The zero-order valence-electron chi connectivity index (χ0n) is 18.5. The number of hydrogen-bond acceptors (Lipinski definition) is 5. The fourth-order valence-corrected chi connectivity index (χ4v) is 6.17. The SMILES string of the molecule is CCN(CC)S(=O)(=O)c1ccc2c(c1)nc(SCc1cccc(C)c1)n2Cc1ccco1. The van der Waals surface area contributed by atoms with Gasteiger partial charge in [0.05, 0.1) is 28.7 Å². The van der Waals surface area contributed by atoms with Crippen LogP contribution in [0.4, 0.5) is 0 Å². The molecular weight excluding hydrogens is 442 g/mol. The van der Waals surface area contributed by atoms with E-state index in [2.05, 4.69) is 35.8 Å². The Bertz CT molecular complexity index is 1310. The molecule has 0 amide bonds. The summed E-state index contributed by atoms with van der Waals surface area (Å²) in [6.07, 6.45) is 1.66. The predicted octanol–water partition coefficient (Wildman–Crippen LogP) is 5.31. The maximum Gasteiger partial charge on any atom is 0.243 e. The molecule has 0 aliphatic rings. The number of furan rings is 1. The van der Waals surface area contributed by atoms with Gasteiger partial charge in [0.1, 0.15) is 5.76 Å². The van der Waals surface area contributed by atoms with Gasteiger partial charge in [0.25, 0.3) is 0 Å². The molecule has 0 saturated carbocycles. The van der Waals surface area contributed by atoms with E-state index < -0.39 is 10.0 Å². The van der Waals surface area contributed by atoms with Crippen molar-refractivity contribution in [3.05, 3.63) is 77.7 Å². The van der Waals surface area contributed by atoms with Crippen LogP contribution < -0.4 is 0 Å². The first-order chi connectivity index (χ1) is 15.4. The molecule has 8 heteroatoms. The van der Waals surface area contributed by atoms with Gasteiger partial charge in [-0.3, -0.25) is 0 Å². The standard InChI is InChI=1S/C24H27N3O3S2/c1-4-26(5-2)32(28,29)21-11-12-23-22(15-21)25-24(27(23)16-20-10-7-13-30-20)31-17-19-9-6-8-18(3)14-19/h6-15H,4-5,16-17H2,1-3H3. The van der Waals surface area contributed by atoms with E-state index in [9.17, 15) is 8.42 Å². The highest BCUT2D eigenvalue weighted by atomic mass is 32.2. The summed E-state index contributed by atoms with van der Waals surface area (Å²) in [5.74, 6) is 1.59. The number of benzene rings is 2. The zero-order valence-corrected chi connectivity index (χ0v) is 20.1. The third kappa shape index (κ3) is 4.62. The molecule has 2 aromatic heterocycles. The topological polar surface area (TPSA) is 68.3 Å². The fourth-order valence-electron chi connectivity index (χ4n) is 3.73. The highest BCUT2D eigenvalue weighted by molar-refractivity contribution is 7.98. The molecule has 0 aliphatic carbocycles. The van der Waals surface area contributed by atoms with Crippen molar-refractivity contribution in [2.24, 2.45) is 0 Å². The maximum atomic E-state index is 13.0. The Morgan fingerprint density at radius 3 is 2.56 bits per heavy atom. The largest absolute Gasteiger partial charge is 0.467 e. The van der Waals surface area contributed by atoms with E-state index in [0.717, 1.165) is 22.2 Å². The molecule has 0 saturated heterocycles. The molecule has 6 nitrogen and oxygen atoms in total. The fraction of sp³-hybridized carbons (Fsp3) is 0.292. The number of sulfonamides is 1. The smallest absolute Gasteiger partial charge is 0.243 e. The van der Waals surface area contributed by atoms with Gasteiger partial charge in [-0.1, -0.05) is 55.4 Å². The molecule has 4 rings (SSSR count). The van der Waals surface area contributed by atoms with Crippen molar-refractivity contribution in [3.63, 3.8) is 0 Å². The van der Waals surface area contributed by atoms with E-state index in [1.165, 1.54) is 15.4 Å². The van der Waals surface area contributed by atoms with Crippen LogP contribution in [0.5, 0.6) is 0 Å². The first kappa shape index (κ1) is 22.6. The van der Waals surface area contributed by atoms with Crippen LogP contribution in [0, 0.1) is 6.92 Å². The molecule has 0 aliphatic heterocycles. The van der Waals surface area contributed by atoms with Crippen molar-refractivity contribution >= 4 is 32.8 Å². The van der Waals surface area contributed by atoms with E-state index >= 15 is 0 Å². The Kier molecular flexibility index (Phi) is 6.74. The van der Waals surface area contributed by atoms with Crippen molar-refractivity contribution in [1.82, 2.24) is 13.9 Å². The summed E-state index contributed by atoms with van der Waals surface area (Å²) in [4.78, 5) is 5.09. The molecule has 0 spiro atoms. The molecule has 2 aromatic carbocycles. The minimum atomic E-state index is -3.55. The Morgan fingerprint density at radius 2 is 1.88 bits per heavy atom. The van der Waals surface area contributed by atoms with E-state index in [0.29, 0.717) is 25.2 Å². The summed E-state index contributed by atoms with van der Waals surface area (Å²) in [6.45, 7) is 7.16. The first-order valence-corrected chi connectivity index (χ1v) is 13.1. The van der Waals surface area contributed by atoms with Crippen LogP contribution in [0.3, 0.4) is 0 Å². The van der Waals surface area contributed by atoms with Gasteiger partial charge in [-0.25, -0.2) is 13.4 Å². The quantitative estimate of drug-likeness (QED) is 0.311. The molecule has 168 valence electrons. The lowest BCUT2D eigenvalue weighted by atomic mass is 10.2. The number of nitrogens with zero attached hydrogens (tertiary/aromatic N) is 3. The molecule has 32 heavy (non-hydrogen) atoms. The van der Waals surface area contributed by atoms with Crippen LogP contribution in [0.2, 0.25) is 0 Å². The monoisotopic (exact) mass is 469 g/mol. The lowest BCUT2D eigenvalue weighted by molar-refractivity contribution is 0.445. The average molecular weight is 470 g/mol. The summed E-state index contributed by atoms with van der Waals surface area (Å²) in [6, 6.07) is 17.4. The number of rotatable bonds is 9. The van der Waals surface area contributed by atoms with Gasteiger partial charge in [0.15, 0.2) is 5.16 Å². The Hall–Kier alpha value is -2.55. The van der Waals surface area contributed by atoms with Gasteiger partial charge >= 0.3 is 0 Å². The first-order valence-electron chi connectivity index (χ1n) is 10.6. The normalized spacial score (nSPS) is 12.1. The van der Waals surface area contributed by atoms with Crippen LogP contribution in [0.15, 0.2) is 75.3 Å². The van der Waals surface area contributed by atoms with Gasteiger partial charge in [0.2, 0.25) is 10.0 Å². The highest BCUT2D eigenvalue weighted by Crippen LogP contribution is 2.30. The number of aryl methyl sites for hydroxylation is 1. The van der Waals surface area contributed by atoms with Crippen molar-refractivity contribution in [2.75, 3.05) is 13.1 Å². The summed E-state index contributed by atoms with van der Waals surface area (Å²) in [7, 11) is -3.55. The van der Waals surface area contributed by atoms with Gasteiger partial charge in [-0.05, 0) is 42.8 Å². The summed E-state index contributed by atoms with van der Waals surface area (Å²) in [5.41, 5.74) is 3.98. The molecular formula is C24H27N3O3S2.